The molecule has 150 valence electrons. The molecule has 2 atom stereocenters. The Balaban J connectivity index is 2.26. The van der Waals surface area contributed by atoms with Crippen LogP contribution in [0.2, 0.25) is 5.02 Å². The number of carbonyl (C=O) groups is 1. The molecular formula is C19H21ClFN3O4. The van der Waals surface area contributed by atoms with Crippen LogP contribution < -0.4 is 15.4 Å². The summed E-state index contributed by atoms with van der Waals surface area (Å²) in [5, 5.41) is 16.7. The van der Waals surface area contributed by atoms with Gasteiger partial charge in [-0.3, -0.25) is 14.9 Å². The van der Waals surface area contributed by atoms with Crippen molar-refractivity contribution < 1.29 is 18.8 Å². The van der Waals surface area contributed by atoms with E-state index in [0.29, 0.717) is 24.9 Å². The first kappa shape index (κ1) is 21.6. The van der Waals surface area contributed by atoms with Crippen molar-refractivity contribution in [3.63, 3.8) is 0 Å². The number of nitro benzene ring substituents is 1. The van der Waals surface area contributed by atoms with Crippen LogP contribution in [0.1, 0.15) is 31.9 Å². The maximum Gasteiger partial charge on any atom is 0.269 e. The zero-order valence-electron chi connectivity index (χ0n) is 15.4. The number of ether oxygens (including phenoxy) is 1. The molecular weight excluding hydrogens is 389 g/mol. The van der Waals surface area contributed by atoms with Crippen LogP contribution in [0.4, 0.5) is 10.1 Å². The lowest BCUT2D eigenvalue weighted by Crippen LogP contribution is -2.38. The van der Waals surface area contributed by atoms with Crippen LogP contribution in [0, 0.1) is 15.9 Å². The van der Waals surface area contributed by atoms with Gasteiger partial charge in [-0.25, -0.2) is 4.39 Å². The summed E-state index contributed by atoms with van der Waals surface area (Å²) >= 11 is 6.11. The predicted octanol–water partition coefficient (Wildman–Crippen LogP) is 4.35. The third kappa shape index (κ3) is 5.40. The molecule has 1 amide bonds. The maximum atomic E-state index is 15.1. The first-order chi connectivity index (χ1) is 13.4. The minimum absolute atomic E-state index is 0.0794. The number of nitrogens with one attached hydrogen (secondary N) is 2. The van der Waals surface area contributed by atoms with E-state index in [1.165, 1.54) is 24.3 Å². The van der Waals surface area contributed by atoms with E-state index >= 15 is 4.39 Å². The van der Waals surface area contributed by atoms with Gasteiger partial charge in [0.15, 0.2) is 11.6 Å². The average molecular weight is 410 g/mol. The topological polar surface area (TPSA) is 93.5 Å². The van der Waals surface area contributed by atoms with E-state index in [-0.39, 0.29) is 34.3 Å². The van der Waals surface area contributed by atoms with Crippen LogP contribution in [0.15, 0.2) is 36.4 Å². The molecule has 0 aliphatic rings. The fourth-order valence-corrected chi connectivity index (χ4v) is 2.90. The van der Waals surface area contributed by atoms with Crippen LogP contribution in [0.25, 0.3) is 0 Å². The smallest absolute Gasteiger partial charge is 0.269 e. The van der Waals surface area contributed by atoms with E-state index in [0.717, 1.165) is 0 Å². The van der Waals surface area contributed by atoms with E-state index in [4.69, 9.17) is 16.3 Å². The largest absolute Gasteiger partial charge is 0.453 e. The number of non-ortho nitro benzene ring substituents is 1. The summed E-state index contributed by atoms with van der Waals surface area (Å²) in [7, 11) is 0. The Morgan fingerprint density at radius 1 is 1.29 bits per heavy atom. The standard InChI is InChI=1S/C19H21ClFN3O4/c1-3-17(23-12(2)10-22-11-25)15-8-9-16(20)19(18(15)21)28-14-6-4-13(5-7-14)24(26)27/h4-9,11-12,17,23H,3,10H2,1-2H3,(H,22,25)/t12-,17-/m1/s1. The molecule has 0 aliphatic carbocycles. The molecule has 0 fully saturated rings. The summed E-state index contributed by atoms with van der Waals surface area (Å²) in [6.45, 7) is 4.19. The number of benzene rings is 2. The van der Waals surface area contributed by atoms with Crippen molar-refractivity contribution in [3.8, 4) is 11.5 Å². The van der Waals surface area contributed by atoms with Crippen molar-refractivity contribution in [2.75, 3.05) is 6.54 Å². The van der Waals surface area contributed by atoms with Crippen LogP contribution in [-0.2, 0) is 4.79 Å². The molecule has 0 radical (unpaired) electrons. The number of rotatable bonds is 10. The van der Waals surface area contributed by atoms with Gasteiger partial charge in [0.05, 0.1) is 9.95 Å². The Hall–Kier alpha value is -2.71. The van der Waals surface area contributed by atoms with Gasteiger partial charge in [0.25, 0.3) is 5.69 Å². The zero-order valence-corrected chi connectivity index (χ0v) is 16.2. The molecule has 0 bridgehead atoms. The van der Waals surface area contributed by atoms with Crippen LogP contribution in [-0.4, -0.2) is 23.9 Å². The van der Waals surface area contributed by atoms with E-state index in [9.17, 15) is 14.9 Å². The SMILES string of the molecule is CC[C@@H](N[C@H](C)CNC=O)c1ccc(Cl)c(Oc2ccc([N+](=O)[O-])cc2)c1F. The molecule has 0 unspecified atom stereocenters. The molecule has 2 rings (SSSR count). The minimum atomic E-state index is -0.610. The Kier molecular flexibility index (Phi) is 7.71. The van der Waals surface area contributed by atoms with Crippen molar-refractivity contribution in [1.82, 2.24) is 10.6 Å². The highest BCUT2D eigenvalue weighted by Crippen LogP contribution is 2.37. The normalized spacial score (nSPS) is 12.9. The lowest BCUT2D eigenvalue weighted by molar-refractivity contribution is -0.384. The molecule has 2 aromatic carbocycles. The Morgan fingerprint density at radius 3 is 2.54 bits per heavy atom. The van der Waals surface area contributed by atoms with E-state index in [1.807, 2.05) is 13.8 Å². The highest BCUT2D eigenvalue weighted by molar-refractivity contribution is 6.32. The molecule has 0 saturated heterocycles. The van der Waals surface area contributed by atoms with Gasteiger partial charge in [-0.1, -0.05) is 24.6 Å². The first-order valence-corrected chi connectivity index (χ1v) is 9.08. The minimum Gasteiger partial charge on any atom is -0.453 e. The predicted molar refractivity (Wildman–Crippen MR) is 104 cm³/mol. The highest BCUT2D eigenvalue weighted by atomic mass is 35.5. The second-order valence-corrected chi connectivity index (χ2v) is 6.59. The third-order valence-corrected chi connectivity index (χ3v) is 4.42. The maximum absolute atomic E-state index is 15.1. The van der Waals surface area contributed by atoms with Gasteiger partial charge >= 0.3 is 0 Å². The van der Waals surface area contributed by atoms with Gasteiger partial charge in [0, 0.05) is 36.3 Å². The summed E-state index contributed by atoms with van der Waals surface area (Å²) in [6, 6.07) is 8.02. The lowest BCUT2D eigenvalue weighted by atomic mass is 10.0. The zero-order chi connectivity index (χ0) is 20.7. The average Bonchev–Trinajstić information content (AvgIpc) is 2.68. The van der Waals surface area contributed by atoms with Gasteiger partial charge in [0.2, 0.25) is 6.41 Å². The third-order valence-electron chi connectivity index (χ3n) is 4.12. The van der Waals surface area contributed by atoms with E-state index in [1.54, 1.807) is 12.1 Å². The number of nitro groups is 1. The lowest BCUT2D eigenvalue weighted by Gasteiger charge is -2.24. The van der Waals surface area contributed by atoms with Crippen molar-refractivity contribution >= 4 is 23.7 Å². The summed E-state index contributed by atoms with van der Waals surface area (Å²) in [4.78, 5) is 20.6. The fraction of sp³-hybridized carbons (Fsp3) is 0.316. The summed E-state index contributed by atoms with van der Waals surface area (Å²) < 4.78 is 20.7. The molecule has 0 saturated carbocycles. The molecule has 0 aromatic heterocycles. The number of halogens is 2. The molecule has 9 heteroatoms. The Bertz CT molecular complexity index is 833. The van der Waals surface area contributed by atoms with Gasteiger partial charge in [0.1, 0.15) is 5.75 Å². The van der Waals surface area contributed by atoms with Gasteiger partial charge in [-0.15, -0.1) is 0 Å². The van der Waals surface area contributed by atoms with E-state index in [2.05, 4.69) is 10.6 Å². The Morgan fingerprint density at radius 2 is 1.96 bits per heavy atom. The second-order valence-electron chi connectivity index (χ2n) is 6.19. The van der Waals surface area contributed by atoms with Crippen LogP contribution in [0.5, 0.6) is 11.5 Å². The first-order valence-electron chi connectivity index (χ1n) is 8.70. The highest BCUT2D eigenvalue weighted by Gasteiger charge is 2.22. The number of nitrogens with zero attached hydrogens (tertiary/aromatic N) is 1. The molecule has 2 aromatic rings. The second kappa shape index (κ2) is 10.0. The summed E-state index contributed by atoms with van der Waals surface area (Å²) in [6.07, 6.45) is 1.21. The number of hydrogen-bond acceptors (Lipinski definition) is 5. The summed E-state index contributed by atoms with van der Waals surface area (Å²) in [5.41, 5.74) is 0.280. The molecule has 0 spiro atoms. The monoisotopic (exact) mass is 409 g/mol. The Labute approximate surface area is 167 Å². The van der Waals surface area contributed by atoms with Crippen LogP contribution in [0.3, 0.4) is 0 Å². The molecule has 28 heavy (non-hydrogen) atoms. The quantitative estimate of drug-likeness (QED) is 0.345. The fourth-order valence-electron chi connectivity index (χ4n) is 2.72. The van der Waals surface area contributed by atoms with Gasteiger partial charge < -0.3 is 15.4 Å². The van der Waals surface area contributed by atoms with Crippen LogP contribution >= 0.6 is 11.6 Å². The summed E-state index contributed by atoms with van der Waals surface area (Å²) in [5.74, 6) is -0.527. The molecule has 0 heterocycles. The van der Waals surface area contributed by atoms with Crippen molar-refractivity contribution in [3.05, 3.63) is 62.9 Å². The van der Waals surface area contributed by atoms with Crippen molar-refractivity contribution in [2.24, 2.45) is 0 Å². The van der Waals surface area contributed by atoms with Crippen molar-refractivity contribution in [2.45, 2.75) is 32.4 Å². The molecule has 0 aliphatic heterocycles. The van der Waals surface area contributed by atoms with Gasteiger partial charge in [-0.2, -0.15) is 0 Å². The number of carbonyl (C=O) groups excluding carboxylic acids is 1. The van der Waals surface area contributed by atoms with Gasteiger partial charge in [-0.05, 0) is 31.5 Å². The number of hydrogen-bond donors (Lipinski definition) is 2. The van der Waals surface area contributed by atoms with E-state index < -0.39 is 10.7 Å². The molecule has 7 nitrogen and oxygen atoms in total. The van der Waals surface area contributed by atoms with Crippen molar-refractivity contribution in [1.29, 1.82) is 0 Å². The number of amides is 1. The molecule has 2 N–H and O–H groups in total.